The molecule has 2 unspecified atom stereocenters. The van der Waals surface area contributed by atoms with Crippen LogP contribution in [0.3, 0.4) is 0 Å². The molecule has 0 radical (unpaired) electrons. The summed E-state index contributed by atoms with van der Waals surface area (Å²) >= 11 is 0. The van der Waals surface area contributed by atoms with Gasteiger partial charge in [0, 0.05) is 12.8 Å². The number of hydrogen-bond donors (Lipinski definition) is 3. The Labute approximate surface area is 332 Å². The van der Waals surface area contributed by atoms with Crippen molar-refractivity contribution >= 4 is 17.8 Å². The number of carbonyl (C=O) groups is 3. The number of esters is 1. The van der Waals surface area contributed by atoms with E-state index in [0.29, 0.717) is 38.6 Å². The molecule has 7 nitrogen and oxygen atoms in total. The number of carbonyl (C=O) groups excluding carboxylic acids is 2. The predicted molar refractivity (Wildman–Crippen MR) is 230 cm³/mol. The third-order valence-corrected chi connectivity index (χ3v) is 9.89. The fourth-order valence-corrected chi connectivity index (χ4v) is 6.54. The normalized spacial score (nSPS) is 13.1. The molecule has 0 bridgehead atoms. The summed E-state index contributed by atoms with van der Waals surface area (Å²) in [7, 11) is 0. The van der Waals surface area contributed by atoms with Crippen molar-refractivity contribution in [3.05, 3.63) is 48.6 Å². The Hall–Kier alpha value is -2.67. The van der Waals surface area contributed by atoms with Gasteiger partial charge in [0.25, 0.3) is 0 Å². The van der Waals surface area contributed by atoms with Crippen LogP contribution in [-0.2, 0) is 19.1 Å². The van der Waals surface area contributed by atoms with Crippen molar-refractivity contribution in [1.82, 2.24) is 5.32 Å². The van der Waals surface area contributed by atoms with E-state index < -0.39 is 12.0 Å². The topological polar surface area (TPSA) is 119 Å². The predicted octanol–water partition coefficient (Wildman–Crippen LogP) is 12.8. The fraction of sp³-hybridized carbons (Fsp3) is 0.766. The Morgan fingerprint density at radius 2 is 1.00 bits per heavy atom. The smallest absolute Gasteiger partial charge is 0.326 e. The lowest BCUT2D eigenvalue weighted by molar-refractivity contribution is -0.147. The molecule has 4 N–H and O–H groups in total. The number of carboxylic acid groups (broad SMARTS) is 1. The van der Waals surface area contributed by atoms with Gasteiger partial charge in [-0.25, -0.2) is 4.79 Å². The fourth-order valence-electron chi connectivity index (χ4n) is 6.54. The van der Waals surface area contributed by atoms with Crippen LogP contribution in [0.15, 0.2) is 48.6 Å². The molecule has 0 aromatic heterocycles. The second kappa shape index (κ2) is 41.5. The number of ether oxygens (including phenoxy) is 1. The molecule has 0 rings (SSSR count). The highest BCUT2D eigenvalue weighted by Gasteiger charge is 2.19. The number of carboxylic acids is 1. The van der Waals surface area contributed by atoms with Gasteiger partial charge in [0.05, 0.1) is 0 Å². The maximum absolute atomic E-state index is 12.8. The monoisotopic (exact) mass is 757 g/mol. The van der Waals surface area contributed by atoms with Crippen LogP contribution >= 0.6 is 0 Å². The molecule has 0 aliphatic carbocycles. The van der Waals surface area contributed by atoms with E-state index in [-0.39, 0.29) is 24.4 Å². The maximum Gasteiger partial charge on any atom is 0.326 e. The lowest BCUT2D eigenvalue weighted by Gasteiger charge is -2.15. The van der Waals surface area contributed by atoms with Crippen LogP contribution in [0.25, 0.3) is 0 Å². The number of unbranched alkanes of at least 4 members (excludes halogenated alkanes) is 20. The zero-order valence-electron chi connectivity index (χ0n) is 35.1. The molecule has 7 heteroatoms. The van der Waals surface area contributed by atoms with E-state index in [1.54, 1.807) is 0 Å². The highest BCUT2D eigenvalue weighted by molar-refractivity contribution is 5.83. The molecule has 0 aromatic carbocycles. The minimum Gasteiger partial charge on any atom is -0.480 e. The van der Waals surface area contributed by atoms with Crippen molar-refractivity contribution < 1.29 is 24.2 Å². The lowest BCUT2D eigenvalue weighted by Crippen LogP contribution is -2.40. The van der Waals surface area contributed by atoms with E-state index >= 15 is 0 Å². The van der Waals surface area contributed by atoms with Gasteiger partial charge in [-0.15, -0.1) is 0 Å². The summed E-state index contributed by atoms with van der Waals surface area (Å²) in [6, 6.07) is -0.892. The Morgan fingerprint density at radius 1 is 0.556 bits per heavy atom. The molecule has 0 aliphatic rings. The van der Waals surface area contributed by atoms with Gasteiger partial charge in [0.15, 0.2) is 0 Å². The first-order valence-electron chi connectivity index (χ1n) is 22.5. The number of aliphatic carboxylic acids is 1. The van der Waals surface area contributed by atoms with E-state index in [9.17, 15) is 19.5 Å². The average Bonchev–Trinajstić information content (AvgIpc) is 3.15. The van der Waals surface area contributed by atoms with Gasteiger partial charge in [-0.05, 0) is 76.8 Å². The first-order chi connectivity index (χ1) is 26.4. The third-order valence-electron chi connectivity index (χ3n) is 9.89. The second-order valence-corrected chi connectivity index (χ2v) is 15.1. The first-order valence-corrected chi connectivity index (χ1v) is 22.5. The Balaban J connectivity index is 4.32. The molecule has 2 atom stereocenters. The second-order valence-electron chi connectivity index (χ2n) is 15.1. The van der Waals surface area contributed by atoms with Crippen molar-refractivity contribution in [3.63, 3.8) is 0 Å². The molecular weight excluding hydrogens is 673 g/mol. The Morgan fingerprint density at radius 3 is 1.48 bits per heavy atom. The van der Waals surface area contributed by atoms with E-state index in [0.717, 1.165) is 51.4 Å². The van der Waals surface area contributed by atoms with Crippen molar-refractivity contribution in [3.8, 4) is 0 Å². The number of nitrogens with two attached hydrogens (primary N) is 1. The maximum atomic E-state index is 12.8. The van der Waals surface area contributed by atoms with Crippen LogP contribution in [0.4, 0.5) is 0 Å². The summed E-state index contributed by atoms with van der Waals surface area (Å²) in [4.78, 5) is 36.5. The van der Waals surface area contributed by atoms with E-state index in [2.05, 4.69) is 61.7 Å². The summed E-state index contributed by atoms with van der Waals surface area (Å²) in [5.41, 5.74) is 5.49. The number of rotatable bonds is 40. The van der Waals surface area contributed by atoms with Crippen LogP contribution in [0.2, 0.25) is 0 Å². The van der Waals surface area contributed by atoms with Crippen LogP contribution in [0.1, 0.15) is 213 Å². The van der Waals surface area contributed by atoms with Crippen LogP contribution in [0.5, 0.6) is 0 Å². The van der Waals surface area contributed by atoms with E-state index in [1.807, 2.05) is 6.08 Å². The Bertz CT molecular complexity index is 989. The molecule has 54 heavy (non-hydrogen) atoms. The molecule has 1 amide bonds. The van der Waals surface area contributed by atoms with Gasteiger partial charge in [0.2, 0.25) is 5.91 Å². The van der Waals surface area contributed by atoms with Crippen LogP contribution in [0, 0.1) is 0 Å². The van der Waals surface area contributed by atoms with Gasteiger partial charge in [-0.2, -0.15) is 0 Å². The van der Waals surface area contributed by atoms with Crippen molar-refractivity contribution in [1.29, 1.82) is 0 Å². The van der Waals surface area contributed by atoms with Crippen molar-refractivity contribution in [2.24, 2.45) is 5.73 Å². The summed E-state index contributed by atoms with van der Waals surface area (Å²) in [5, 5.41) is 12.0. The first kappa shape index (κ1) is 51.3. The standard InChI is InChI=1S/C47H84N2O5/c1-3-5-7-9-11-13-15-16-17-18-19-20-21-22-24-26-28-30-35-41-46(51)54-43(37-32-29-27-25-23-14-12-10-8-6-4-2)38-33-31-34-40-45(50)49-44(47(52)53)39-36-42-48/h6,8,12,14,25,27,32,37,43-44H,3-5,7,9-11,13,15-24,26,28-31,33-36,38-42,48H2,1-2H3,(H,49,50)(H,52,53)/b8-6-,14-12-,27-25-,37-32-. The molecule has 0 heterocycles. The Kier molecular flexibility index (Phi) is 39.4. The number of amides is 1. The number of nitrogens with one attached hydrogen (secondary N) is 1. The summed E-state index contributed by atoms with van der Waals surface area (Å²) in [5.74, 6) is -1.41. The van der Waals surface area contributed by atoms with Crippen LogP contribution in [-0.4, -0.2) is 41.6 Å². The molecular formula is C47H84N2O5. The molecule has 0 spiro atoms. The van der Waals surface area contributed by atoms with Crippen molar-refractivity contribution in [2.45, 2.75) is 225 Å². The largest absolute Gasteiger partial charge is 0.480 e. The minimum absolute atomic E-state index is 0.133. The average molecular weight is 757 g/mol. The lowest BCUT2D eigenvalue weighted by atomic mass is 10.0. The molecule has 0 saturated heterocycles. The molecule has 0 saturated carbocycles. The van der Waals surface area contributed by atoms with Crippen LogP contribution < -0.4 is 11.1 Å². The zero-order chi connectivity index (χ0) is 39.6. The third kappa shape index (κ3) is 37.6. The molecule has 312 valence electrons. The van der Waals surface area contributed by atoms with Crippen molar-refractivity contribution in [2.75, 3.05) is 6.54 Å². The quantitative estimate of drug-likeness (QED) is 0.0325. The van der Waals surface area contributed by atoms with Gasteiger partial charge in [-0.3, -0.25) is 9.59 Å². The number of allylic oxidation sites excluding steroid dienone is 7. The van der Waals surface area contributed by atoms with E-state index in [4.69, 9.17) is 10.5 Å². The van der Waals surface area contributed by atoms with Gasteiger partial charge >= 0.3 is 11.9 Å². The molecule has 0 aromatic rings. The SMILES string of the molecule is CC/C=C\C/C=C\C/C=C\C/C=C\C(CCCCCC(=O)NC(CCCN)C(=O)O)OC(=O)CCCCCCCCCCCCCCCCCCCCC. The van der Waals surface area contributed by atoms with Gasteiger partial charge in [0.1, 0.15) is 12.1 Å². The molecule has 0 fully saturated rings. The summed E-state index contributed by atoms with van der Waals surface area (Å²) in [6.45, 7) is 4.81. The zero-order valence-corrected chi connectivity index (χ0v) is 35.1. The highest BCUT2D eigenvalue weighted by atomic mass is 16.5. The number of hydrogen-bond acceptors (Lipinski definition) is 5. The minimum atomic E-state index is -1.03. The van der Waals surface area contributed by atoms with Gasteiger partial charge < -0.3 is 20.9 Å². The summed E-state index contributed by atoms with van der Waals surface area (Å²) in [6.07, 6.45) is 50.4. The molecule has 0 aliphatic heterocycles. The summed E-state index contributed by atoms with van der Waals surface area (Å²) < 4.78 is 5.90. The van der Waals surface area contributed by atoms with E-state index in [1.165, 1.54) is 109 Å². The van der Waals surface area contributed by atoms with Gasteiger partial charge in [-0.1, -0.05) is 178 Å². The highest BCUT2D eigenvalue weighted by Crippen LogP contribution is 2.16.